The molecule has 0 saturated heterocycles. The summed E-state index contributed by atoms with van der Waals surface area (Å²) in [4.78, 5) is 32.3. The lowest BCUT2D eigenvalue weighted by molar-refractivity contribution is 0.112. The van der Waals surface area contributed by atoms with Crippen LogP contribution in [0.25, 0.3) is 17.1 Å². The molecule has 6 nitrogen and oxygen atoms in total. The van der Waals surface area contributed by atoms with Crippen molar-refractivity contribution in [3.63, 3.8) is 0 Å². The van der Waals surface area contributed by atoms with Crippen LogP contribution in [0.4, 0.5) is 0 Å². The van der Waals surface area contributed by atoms with Crippen LogP contribution in [0.15, 0.2) is 88.4 Å². The number of aromatic nitrogens is 3. The normalized spacial score (nSPS) is 11.1. The molecule has 0 fully saturated rings. The van der Waals surface area contributed by atoms with E-state index in [1.54, 1.807) is 35.2 Å². The van der Waals surface area contributed by atoms with Crippen LogP contribution in [0.5, 0.6) is 0 Å². The van der Waals surface area contributed by atoms with E-state index >= 15 is 0 Å². The molecule has 2 aliphatic rings. The van der Waals surface area contributed by atoms with Crippen molar-refractivity contribution in [1.29, 1.82) is 0 Å². The molecule has 3 heterocycles. The van der Waals surface area contributed by atoms with Gasteiger partial charge in [0.25, 0.3) is 5.56 Å². The largest absolute Gasteiger partial charge is 0.469 e. The van der Waals surface area contributed by atoms with Crippen molar-refractivity contribution < 1.29 is 9.21 Å². The number of benzene rings is 2. The summed E-state index contributed by atoms with van der Waals surface area (Å²) in [5.74, 6) is 1.29. The van der Waals surface area contributed by atoms with Gasteiger partial charge in [0.15, 0.2) is 5.82 Å². The average molecular weight is 409 g/mol. The van der Waals surface area contributed by atoms with Crippen LogP contribution in [0, 0.1) is 0 Å². The van der Waals surface area contributed by atoms with Crippen LogP contribution < -0.4 is 5.56 Å². The van der Waals surface area contributed by atoms with Crippen molar-refractivity contribution in [1.82, 2.24) is 14.5 Å². The topological polar surface area (TPSA) is 80.9 Å². The summed E-state index contributed by atoms with van der Waals surface area (Å²) in [5.41, 5.74) is 4.47. The summed E-state index contributed by atoms with van der Waals surface area (Å²) >= 11 is 0. The molecule has 0 atom stereocenters. The number of carbonyl (C=O) groups is 1. The van der Waals surface area contributed by atoms with Gasteiger partial charge in [0.05, 0.1) is 24.1 Å². The lowest BCUT2D eigenvalue weighted by Gasteiger charge is -2.13. The number of hydrogen-bond donors (Lipinski definition) is 1. The molecule has 0 radical (unpaired) electrons. The van der Waals surface area contributed by atoms with Gasteiger partial charge in [-0.1, -0.05) is 54.6 Å². The minimum Gasteiger partial charge on any atom is -0.469 e. The summed E-state index contributed by atoms with van der Waals surface area (Å²) in [6, 6.07) is 20.9. The molecule has 3 aromatic rings. The molecule has 0 bridgehead atoms. The zero-order chi connectivity index (χ0) is 21.2. The molecule has 0 aliphatic carbocycles. The first-order valence-corrected chi connectivity index (χ1v) is 9.96. The van der Waals surface area contributed by atoms with Crippen LogP contribution in [-0.2, 0) is 12.8 Å². The first kappa shape index (κ1) is 18.8. The van der Waals surface area contributed by atoms with Gasteiger partial charge in [-0.2, -0.15) is 0 Å². The summed E-state index contributed by atoms with van der Waals surface area (Å²) in [6.45, 7) is 0. The molecule has 6 heteroatoms. The van der Waals surface area contributed by atoms with Gasteiger partial charge in [-0.15, -0.1) is 0 Å². The lowest BCUT2D eigenvalue weighted by Crippen LogP contribution is -2.17. The Bertz CT molecular complexity index is 1350. The standard InChI is InChI=1S/C25H19N3O3/c29-16-18-8-10-19(11-9-18)23-15-28-24(21(26-23)13-17-5-2-1-3-6-17)27-22(25(28)30)14-20-7-4-12-31-20/h1-12,15-16,26H,13-14H2. The van der Waals surface area contributed by atoms with E-state index in [1.807, 2.05) is 48.5 Å². The Balaban J connectivity index is 1.65. The molecule has 2 aliphatic heterocycles. The SMILES string of the molecule is O=Cc1ccc(-c2cn3c(=O)c(Cc4ccco4)nc-3c(Cc3ccccc3)[nH]2)cc1. The van der Waals surface area contributed by atoms with Crippen molar-refractivity contribution in [2.24, 2.45) is 0 Å². The number of nitrogens with one attached hydrogen (secondary N) is 1. The summed E-state index contributed by atoms with van der Waals surface area (Å²) < 4.78 is 7.00. The summed E-state index contributed by atoms with van der Waals surface area (Å²) in [6.07, 6.45) is 5.10. The number of rotatable bonds is 6. The first-order chi connectivity index (χ1) is 15.2. The molecular formula is C25H19N3O3. The summed E-state index contributed by atoms with van der Waals surface area (Å²) in [7, 11) is 0. The van der Waals surface area contributed by atoms with E-state index < -0.39 is 0 Å². The molecule has 0 unspecified atom stereocenters. The van der Waals surface area contributed by atoms with Crippen LogP contribution in [0.1, 0.15) is 33.1 Å². The maximum atomic E-state index is 13.1. The van der Waals surface area contributed by atoms with Gasteiger partial charge in [0.1, 0.15) is 17.7 Å². The van der Waals surface area contributed by atoms with E-state index in [0.29, 0.717) is 35.7 Å². The number of carbonyl (C=O) groups excluding carboxylic acids is 1. The average Bonchev–Trinajstić information content (AvgIpc) is 3.43. The number of nitrogens with zero attached hydrogens (tertiary/aromatic N) is 2. The van der Waals surface area contributed by atoms with Crippen molar-refractivity contribution in [3.8, 4) is 17.1 Å². The fourth-order valence-corrected chi connectivity index (χ4v) is 3.68. The second kappa shape index (κ2) is 7.91. The maximum Gasteiger partial charge on any atom is 0.278 e. The highest BCUT2D eigenvalue weighted by molar-refractivity contribution is 5.76. The van der Waals surface area contributed by atoms with Gasteiger partial charge in [-0.3, -0.25) is 14.2 Å². The minimum absolute atomic E-state index is 0.166. The molecular weight excluding hydrogens is 390 g/mol. The highest BCUT2D eigenvalue weighted by Gasteiger charge is 2.21. The predicted octanol–water partition coefficient (Wildman–Crippen LogP) is 4.25. The second-order valence-electron chi connectivity index (χ2n) is 7.36. The van der Waals surface area contributed by atoms with E-state index in [-0.39, 0.29) is 5.56 Å². The first-order valence-electron chi connectivity index (χ1n) is 9.96. The van der Waals surface area contributed by atoms with Gasteiger partial charge in [-0.25, -0.2) is 4.98 Å². The Hall–Kier alpha value is -4.19. The predicted molar refractivity (Wildman–Crippen MR) is 117 cm³/mol. The molecule has 0 saturated carbocycles. The Morgan fingerprint density at radius 2 is 1.77 bits per heavy atom. The Kier molecular flexibility index (Phi) is 4.80. The molecule has 2 aromatic carbocycles. The Morgan fingerprint density at radius 1 is 0.968 bits per heavy atom. The molecule has 152 valence electrons. The van der Waals surface area contributed by atoms with Gasteiger partial charge < -0.3 is 9.40 Å². The molecule has 0 spiro atoms. The van der Waals surface area contributed by atoms with Crippen molar-refractivity contribution >= 4 is 6.29 Å². The van der Waals surface area contributed by atoms with Gasteiger partial charge in [-0.05, 0) is 23.3 Å². The molecule has 1 aromatic heterocycles. The lowest BCUT2D eigenvalue weighted by atomic mass is 10.1. The Morgan fingerprint density at radius 3 is 2.48 bits per heavy atom. The number of furan rings is 1. The van der Waals surface area contributed by atoms with Gasteiger partial charge in [0, 0.05) is 18.2 Å². The number of hydrogen-bond acceptors (Lipinski definition) is 4. The highest BCUT2D eigenvalue weighted by Crippen LogP contribution is 2.24. The second-order valence-corrected chi connectivity index (χ2v) is 7.36. The van der Waals surface area contributed by atoms with E-state index in [1.165, 1.54) is 0 Å². The number of H-pyrrole nitrogens is 1. The van der Waals surface area contributed by atoms with Gasteiger partial charge in [0.2, 0.25) is 0 Å². The third-order valence-corrected chi connectivity index (χ3v) is 5.25. The Labute approximate surface area is 178 Å². The molecule has 5 rings (SSSR count). The van der Waals surface area contributed by atoms with Crippen LogP contribution >= 0.6 is 0 Å². The van der Waals surface area contributed by atoms with Crippen LogP contribution in [-0.4, -0.2) is 20.8 Å². The monoisotopic (exact) mass is 409 g/mol. The van der Waals surface area contributed by atoms with Crippen LogP contribution in [0.3, 0.4) is 0 Å². The maximum absolute atomic E-state index is 13.1. The van der Waals surface area contributed by atoms with Crippen molar-refractivity contribution in [3.05, 3.63) is 118 Å². The van der Waals surface area contributed by atoms with E-state index in [2.05, 4.69) is 9.97 Å². The third kappa shape index (κ3) is 3.71. The number of fused-ring (bicyclic) bond motifs is 1. The number of aldehydes is 1. The zero-order valence-corrected chi connectivity index (χ0v) is 16.6. The zero-order valence-electron chi connectivity index (χ0n) is 16.6. The third-order valence-electron chi connectivity index (χ3n) is 5.25. The molecule has 0 amide bonds. The van der Waals surface area contributed by atoms with Crippen molar-refractivity contribution in [2.45, 2.75) is 12.8 Å². The fraction of sp³-hybridized carbons (Fsp3) is 0.0800. The smallest absolute Gasteiger partial charge is 0.278 e. The van der Waals surface area contributed by atoms with Crippen molar-refractivity contribution in [2.75, 3.05) is 0 Å². The van der Waals surface area contributed by atoms with E-state index in [0.717, 1.165) is 28.8 Å². The quantitative estimate of drug-likeness (QED) is 0.425. The fourth-order valence-electron chi connectivity index (χ4n) is 3.68. The molecule has 1 N–H and O–H groups in total. The number of imidazole rings is 1. The summed E-state index contributed by atoms with van der Waals surface area (Å²) in [5, 5.41) is 0. The van der Waals surface area contributed by atoms with E-state index in [4.69, 9.17) is 4.42 Å². The number of aromatic amines is 1. The molecule has 31 heavy (non-hydrogen) atoms. The minimum atomic E-state index is -0.166. The highest BCUT2D eigenvalue weighted by atomic mass is 16.3. The van der Waals surface area contributed by atoms with Gasteiger partial charge >= 0.3 is 0 Å². The van der Waals surface area contributed by atoms with Crippen LogP contribution in [0.2, 0.25) is 0 Å². The van der Waals surface area contributed by atoms with E-state index in [9.17, 15) is 9.59 Å².